The molecular formula is C9H8BrF2NO3. The first-order chi connectivity index (χ1) is 7.41. The summed E-state index contributed by atoms with van der Waals surface area (Å²) in [6.07, 6.45) is -2.67. The van der Waals surface area contributed by atoms with Crippen LogP contribution < -0.4 is 4.74 Å². The summed E-state index contributed by atoms with van der Waals surface area (Å²) in [6, 6.07) is 2.83. The van der Waals surface area contributed by atoms with E-state index in [4.69, 9.17) is 4.74 Å². The Morgan fingerprint density at radius 1 is 1.56 bits per heavy atom. The lowest BCUT2D eigenvalue weighted by Gasteiger charge is -2.08. The molecule has 0 spiro atoms. The van der Waals surface area contributed by atoms with Gasteiger partial charge in [0.1, 0.15) is 6.61 Å². The predicted octanol–water partition coefficient (Wildman–Crippen LogP) is 3.31. The SMILES string of the molecule is Cc1cc(Br)c(OCC(F)F)c([N+](=O)[O-])c1. The maximum atomic E-state index is 12.0. The fraction of sp³-hybridized carbons (Fsp3) is 0.333. The average molecular weight is 296 g/mol. The Morgan fingerprint density at radius 2 is 2.19 bits per heavy atom. The second kappa shape index (κ2) is 5.20. The summed E-state index contributed by atoms with van der Waals surface area (Å²) in [6.45, 7) is 0.789. The molecule has 0 saturated heterocycles. The van der Waals surface area contributed by atoms with Gasteiger partial charge in [-0.05, 0) is 34.5 Å². The van der Waals surface area contributed by atoms with Crippen molar-refractivity contribution in [3.8, 4) is 5.75 Å². The van der Waals surface area contributed by atoms with E-state index >= 15 is 0 Å². The number of halogens is 3. The van der Waals surface area contributed by atoms with E-state index in [1.54, 1.807) is 13.0 Å². The van der Waals surface area contributed by atoms with Gasteiger partial charge in [0.2, 0.25) is 5.75 Å². The van der Waals surface area contributed by atoms with Gasteiger partial charge in [-0.3, -0.25) is 10.1 Å². The van der Waals surface area contributed by atoms with E-state index in [1.807, 2.05) is 0 Å². The maximum Gasteiger partial charge on any atom is 0.312 e. The minimum absolute atomic E-state index is 0.170. The molecule has 1 aromatic rings. The summed E-state index contributed by atoms with van der Waals surface area (Å²) in [7, 11) is 0. The van der Waals surface area contributed by atoms with Gasteiger partial charge in [0.25, 0.3) is 6.43 Å². The number of alkyl halides is 2. The lowest BCUT2D eigenvalue weighted by molar-refractivity contribution is -0.386. The number of rotatable bonds is 4. The van der Waals surface area contributed by atoms with Gasteiger partial charge in [-0.2, -0.15) is 0 Å². The van der Waals surface area contributed by atoms with E-state index in [0.29, 0.717) is 10.0 Å². The molecular weight excluding hydrogens is 288 g/mol. The van der Waals surface area contributed by atoms with Crippen LogP contribution in [-0.4, -0.2) is 18.0 Å². The van der Waals surface area contributed by atoms with Crippen LogP contribution in [0.5, 0.6) is 5.75 Å². The number of nitro benzene ring substituents is 1. The number of ether oxygens (including phenoxy) is 1. The van der Waals surface area contributed by atoms with Gasteiger partial charge in [0.15, 0.2) is 0 Å². The lowest BCUT2D eigenvalue weighted by atomic mass is 10.2. The third kappa shape index (κ3) is 3.13. The van der Waals surface area contributed by atoms with E-state index in [-0.39, 0.29) is 11.4 Å². The minimum Gasteiger partial charge on any atom is -0.480 e. The van der Waals surface area contributed by atoms with Gasteiger partial charge in [-0.1, -0.05) is 0 Å². The summed E-state index contributed by atoms with van der Waals surface area (Å²) >= 11 is 3.04. The zero-order valence-electron chi connectivity index (χ0n) is 8.25. The molecule has 1 aromatic carbocycles. The summed E-state index contributed by atoms with van der Waals surface area (Å²) in [5, 5.41) is 10.7. The summed E-state index contributed by atoms with van der Waals surface area (Å²) < 4.78 is 28.9. The summed E-state index contributed by atoms with van der Waals surface area (Å²) in [5.74, 6) is -0.170. The fourth-order valence-corrected chi connectivity index (χ4v) is 1.81. The zero-order chi connectivity index (χ0) is 12.3. The lowest BCUT2D eigenvalue weighted by Crippen LogP contribution is -2.09. The van der Waals surface area contributed by atoms with Crippen molar-refractivity contribution in [1.29, 1.82) is 0 Å². The molecule has 0 aliphatic heterocycles. The van der Waals surface area contributed by atoms with Crippen LogP contribution in [0.15, 0.2) is 16.6 Å². The van der Waals surface area contributed by atoms with Crippen LogP contribution in [0.1, 0.15) is 5.56 Å². The first kappa shape index (κ1) is 12.8. The van der Waals surface area contributed by atoms with Crippen molar-refractivity contribution in [3.05, 3.63) is 32.3 Å². The Bertz CT molecular complexity index is 412. The molecule has 0 bridgehead atoms. The second-order valence-electron chi connectivity index (χ2n) is 3.05. The average Bonchev–Trinajstić information content (AvgIpc) is 2.14. The number of aryl methyl sites for hydroxylation is 1. The van der Waals surface area contributed by atoms with E-state index < -0.39 is 18.0 Å². The molecule has 88 valence electrons. The van der Waals surface area contributed by atoms with Crippen LogP contribution in [0.25, 0.3) is 0 Å². The molecule has 4 nitrogen and oxygen atoms in total. The molecule has 0 aromatic heterocycles. The molecule has 16 heavy (non-hydrogen) atoms. The van der Waals surface area contributed by atoms with Crippen LogP contribution in [0, 0.1) is 17.0 Å². The minimum atomic E-state index is -2.67. The molecule has 0 aliphatic rings. The Balaban J connectivity index is 3.09. The van der Waals surface area contributed by atoms with Crippen molar-refractivity contribution in [2.75, 3.05) is 6.61 Å². The van der Waals surface area contributed by atoms with Crippen LogP contribution >= 0.6 is 15.9 Å². The molecule has 1 rings (SSSR count). The standard InChI is InChI=1S/C9H8BrF2NO3/c1-5-2-6(10)9(16-4-8(11)12)7(3-5)13(14)15/h2-3,8H,4H2,1H3. The van der Waals surface area contributed by atoms with Crippen LogP contribution in [-0.2, 0) is 0 Å². The van der Waals surface area contributed by atoms with E-state index in [9.17, 15) is 18.9 Å². The Morgan fingerprint density at radius 3 is 2.69 bits per heavy atom. The van der Waals surface area contributed by atoms with Crippen molar-refractivity contribution in [2.24, 2.45) is 0 Å². The van der Waals surface area contributed by atoms with Gasteiger partial charge in [0, 0.05) is 6.07 Å². The van der Waals surface area contributed by atoms with Crippen molar-refractivity contribution >= 4 is 21.6 Å². The van der Waals surface area contributed by atoms with Crippen molar-refractivity contribution in [3.63, 3.8) is 0 Å². The highest BCUT2D eigenvalue weighted by molar-refractivity contribution is 9.10. The molecule has 0 atom stereocenters. The molecule has 0 aliphatic carbocycles. The van der Waals surface area contributed by atoms with Crippen molar-refractivity contribution < 1.29 is 18.4 Å². The molecule has 0 unspecified atom stereocenters. The number of hydrogen-bond donors (Lipinski definition) is 0. The largest absolute Gasteiger partial charge is 0.480 e. The molecule has 0 radical (unpaired) electrons. The van der Waals surface area contributed by atoms with E-state index in [2.05, 4.69) is 15.9 Å². The van der Waals surface area contributed by atoms with Crippen LogP contribution in [0.3, 0.4) is 0 Å². The normalized spacial score (nSPS) is 10.6. The highest BCUT2D eigenvalue weighted by atomic mass is 79.9. The topological polar surface area (TPSA) is 52.4 Å². The number of hydrogen-bond acceptors (Lipinski definition) is 3. The Kier molecular flexibility index (Phi) is 4.17. The highest BCUT2D eigenvalue weighted by Crippen LogP contribution is 2.36. The second-order valence-corrected chi connectivity index (χ2v) is 3.91. The maximum absolute atomic E-state index is 12.0. The molecule has 0 amide bonds. The highest BCUT2D eigenvalue weighted by Gasteiger charge is 2.20. The van der Waals surface area contributed by atoms with E-state index in [0.717, 1.165) is 0 Å². The molecule has 0 N–H and O–H groups in total. The van der Waals surface area contributed by atoms with E-state index in [1.165, 1.54) is 6.07 Å². The number of nitro groups is 1. The Labute approximate surface area is 98.5 Å². The quantitative estimate of drug-likeness (QED) is 0.632. The van der Waals surface area contributed by atoms with Gasteiger partial charge >= 0.3 is 5.69 Å². The van der Waals surface area contributed by atoms with Gasteiger partial charge in [-0.25, -0.2) is 8.78 Å². The van der Waals surface area contributed by atoms with Gasteiger partial charge in [0.05, 0.1) is 9.40 Å². The third-order valence-electron chi connectivity index (χ3n) is 1.72. The molecule has 0 saturated carbocycles. The summed E-state index contributed by atoms with van der Waals surface area (Å²) in [4.78, 5) is 10.0. The third-order valence-corrected chi connectivity index (χ3v) is 2.31. The van der Waals surface area contributed by atoms with Gasteiger partial charge < -0.3 is 4.74 Å². The smallest absolute Gasteiger partial charge is 0.312 e. The number of nitrogens with zero attached hydrogens (tertiary/aromatic N) is 1. The first-order valence-corrected chi connectivity index (χ1v) is 5.06. The molecule has 7 heteroatoms. The fourth-order valence-electron chi connectivity index (χ4n) is 1.14. The number of benzene rings is 1. The Hall–Kier alpha value is -1.24. The van der Waals surface area contributed by atoms with Crippen molar-refractivity contribution in [2.45, 2.75) is 13.3 Å². The van der Waals surface area contributed by atoms with Crippen LogP contribution in [0.2, 0.25) is 0 Å². The predicted molar refractivity (Wildman–Crippen MR) is 57.0 cm³/mol. The first-order valence-electron chi connectivity index (χ1n) is 4.27. The zero-order valence-corrected chi connectivity index (χ0v) is 9.83. The monoisotopic (exact) mass is 295 g/mol. The molecule has 0 fully saturated rings. The molecule has 0 heterocycles. The van der Waals surface area contributed by atoms with Crippen molar-refractivity contribution in [1.82, 2.24) is 0 Å². The van der Waals surface area contributed by atoms with Crippen LogP contribution in [0.4, 0.5) is 14.5 Å². The summed E-state index contributed by atoms with van der Waals surface area (Å²) in [5.41, 5.74) is 0.315. The van der Waals surface area contributed by atoms with Gasteiger partial charge in [-0.15, -0.1) is 0 Å².